The van der Waals surface area contributed by atoms with Gasteiger partial charge < -0.3 is 10.1 Å². The zero-order chi connectivity index (χ0) is 20.9. The molecule has 1 amide bonds. The number of benzene rings is 2. The van der Waals surface area contributed by atoms with Crippen molar-refractivity contribution in [1.29, 1.82) is 0 Å². The van der Waals surface area contributed by atoms with Crippen LogP contribution >= 0.6 is 0 Å². The number of rotatable bonds is 6. The Morgan fingerprint density at radius 2 is 1.90 bits per heavy atom. The van der Waals surface area contributed by atoms with Gasteiger partial charge in [0.15, 0.2) is 0 Å². The molecule has 0 aliphatic carbocycles. The van der Waals surface area contributed by atoms with Gasteiger partial charge in [-0.2, -0.15) is 0 Å². The van der Waals surface area contributed by atoms with E-state index in [0.29, 0.717) is 19.6 Å². The molecule has 0 radical (unpaired) electrons. The van der Waals surface area contributed by atoms with Crippen molar-refractivity contribution < 1.29 is 9.53 Å². The van der Waals surface area contributed by atoms with Gasteiger partial charge in [-0.05, 0) is 36.6 Å². The SMILES string of the molecule is Cc1nc2ccccc2c(C)c1CC(=O)NCC1CN(Cc2ccccc2)CCO1. The minimum Gasteiger partial charge on any atom is -0.374 e. The molecule has 5 nitrogen and oxygen atoms in total. The van der Waals surface area contributed by atoms with Crippen LogP contribution in [0.3, 0.4) is 0 Å². The second-order valence-electron chi connectivity index (χ2n) is 8.01. The van der Waals surface area contributed by atoms with Gasteiger partial charge in [0.1, 0.15) is 0 Å². The third kappa shape index (κ3) is 4.86. The van der Waals surface area contributed by atoms with Crippen LogP contribution < -0.4 is 5.32 Å². The molecule has 2 aromatic carbocycles. The fourth-order valence-corrected chi connectivity index (χ4v) is 4.17. The Kier molecular flexibility index (Phi) is 6.41. The molecule has 4 rings (SSSR count). The van der Waals surface area contributed by atoms with Gasteiger partial charge in [0.2, 0.25) is 5.91 Å². The van der Waals surface area contributed by atoms with Crippen LogP contribution in [0.15, 0.2) is 54.6 Å². The quantitative estimate of drug-likeness (QED) is 0.685. The van der Waals surface area contributed by atoms with E-state index in [-0.39, 0.29) is 12.0 Å². The van der Waals surface area contributed by atoms with Gasteiger partial charge in [-0.3, -0.25) is 14.7 Å². The predicted octanol–water partition coefficient (Wildman–Crippen LogP) is 3.41. The van der Waals surface area contributed by atoms with Crippen LogP contribution in [0.25, 0.3) is 10.9 Å². The lowest BCUT2D eigenvalue weighted by atomic mass is 9.99. The molecule has 0 spiro atoms. The highest BCUT2D eigenvalue weighted by Crippen LogP contribution is 2.22. The summed E-state index contributed by atoms with van der Waals surface area (Å²) < 4.78 is 5.88. The Bertz CT molecular complexity index is 1020. The maximum absolute atomic E-state index is 12.7. The number of aryl methyl sites for hydroxylation is 2. The first kappa shape index (κ1) is 20.5. The second-order valence-corrected chi connectivity index (χ2v) is 8.01. The molecule has 1 aromatic heterocycles. The van der Waals surface area contributed by atoms with Crippen LogP contribution in [0.2, 0.25) is 0 Å². The second kappa shape index (κ2) is 9.37. The lowest BCUT2D eigenvalue weighted by Gasteiger charge is -2.33. The number of hydrogen-bond donors (Lipinski definition) is 1. The summed E-state index contributed by atoms with van der Waals surface area (Å²) >= 11 is 0. The zero-order valence-electron chi connectivity index (χ0n) is 17.7. The molecule has 5 heteroatoms. The molecule has 1 unspecified atom stereocenters. The predicted molar refractivity (Wildman–Crippen MR) is 119 cm³/mol. The molecule has 0 bridgehead atoms. The average molecular weight is 404 g/mol. The Hall–Kier alpha value is -2.76. The number of amides is 1. The number of morpholine rings is 1. The first-order valence-electron chi connectivity index (χ1n) is 10.6. The number of nitrogens with zero attached hydrogens (tertiary/aromatic N) is 2. The van der Waals surface area contributed by atoms with Crippen LogP contribution in [0, 0.1) is 13.8 Å². The monoisotopic (exact) mass is 403 g/mol. The number of aromatic nitrogens is 1. The number of carbonyl (C=O) groups is 1. The number of hydrogen-bond acceptors (Lipinski definition) is 4. The topological polar surface area (TPSA) is 54.5 Å². The molecule has 1 N–H and O–H groups in total. The average Bonchev–Trinajstić information content (AvgIpc) is 2.76. The summed E-state index contributed by atoms with van der Waals surface area (Å²) in [5.41, 5.74) is 5.35. The molecular weight excluding hydrogens is 374 g/mol. The zero-order valence-corrected chi connectivity index (χ0v) is 17.7. The van der Waals surface area contributed by atoms with Crippen LogP contribution in [-0.2, 0) is 22.5 Å². The fourth-order valence-electron chi connectivity index (χ4n) is 4.17. The summed E-state index contributed by atoms with van der Waals surface area (Å²) in [4.78, 5) is 19.7. The number of fused-ring (bicyclic) bond motifs is 1. The van der Waals surface area contributed by atoms with Crippen molar-refractivity contribution in [1.82, 2.24) is 15.2 Å². The highest BCUT2D eigenvalue weighted by Gasteiger charge is 2.21. The van der Waals surface area contributed by atoms with E-state index in [1.54, 1.807) is 0 Å². The van der Waals surface area contributed by atoms with Crippen LogP contribution in [0.1, 0.15) is 22.4 Å². The third-order valence-electron chi connectivity index (χ3n) is 5.82. The van der Waals surface area contributed by atoms with E-state index in [9.17, 15) is 4.79 Å². The van der Waals surface area contributed by atoms with Gasteiger partial charge in [0.25, 0.3) is 0 Å². The van der Waals surface area contributed by atoms with Crippen molar-refractivity contribution in [3.63, 3.8) is 0 Å². The number of pyridine rings is 1. The largest absolute Gasteiger partial charge is 0.374 e. The van der Waals surface area contributed by atoms with Gasteiger partial charge in [0.05, 0.1) is 24.6 Å². The molecule has 1 aliphatic heterocycles. The standard InChI is InChI=1S/C25H29N3O2/c1-18-22-10-6-7-11-24(22)27-19(2)23(18)14-25(29)26-15-21-17-28(12-13-30-21)16-20-8-4-3-5-9-20/h3-11,21H,12-17H2,1-2H3,(H,26,29). The van der Waals surface area contributed by atoms with Gasteiger partial charge in [-0.1, -0.05) is 48.5 Å². The van der Waals surface area contributed by atoms with Gasteiger partial charge >= 0.3 is 0 Å². The van der Waals surface area contributed by atoms with Crippen molar-refractivity contribution >= 4 is 16.8 Å². The summed E-state index contributed by atoms with van der Waals surface area (Å²) in [5, 5.41) is 4.18. The summed E-state index contributed by atoms with van der Waals surface area (Å²) in [6.07, 6.45) is 0.360. The number of carbonyl (C=O) groups excluding carboxylic acids is 1. The molecule has 1 fully saturated rings. The number of nitrogens with one attached hydrogen (secondary N) is 1. The van der Waals surface area contributed by atoms with E-state index < -0.39 is 0 Å². The Labute approximate surface area is 178 Å². The van der Waals surface area contributed by atoms with Crippen LogP contribution in [0.4, 0.5) is 0 Å². The molecule has 2 heterocycles. The molecule has 1 aliphatic rings. The summed E-state index contributed by atoms with van der Waals surface area (Å²) in [6.45, 7) is 7.93. The molecule has 0 saturated carbocycles. The Balaban J connectivity index is 1.33. The van der Waals surface area contributed by atoms with E-state index in [1.807, 2.05) is 31.2 Å². The van der Waals surface area contributed by atoms with Gasteiger partial charge in [0, 0.05) is 37.3 Å². The van der Waals surface area contributed by atoms with Crippen molar-refractivity contribution in [3.8, 4) is 0 Å². The van der Waals surface area contributed by atoms with E-state index in [2.05, 4.69) is 52.5 Å². The molecule has 1 saturated heterocycles. The molecule has 156 valence electrons. The number of ether oxygens (including phenoxy) is 1. The molecule has 1 atom stereocenters. The Morgan fingerprint density at radius 3 is 2.73 bits per heavy atom. The van der Waals surface area contributed by atoms with Crippen molar-refractivity contribution in [2.24, 2.45) is 0 Å². The maximum Gasteiger partial charge on any atom is 0.224 e. The summed E-state index contributed by atoms with van der Waals surface area (Å²) in [5.74, 6) is 0.0158. The molecule has 30 heavy (non-hydrogen) atoms. The highest BCUT2D eigenvalue weighted by molar-refractivity contribution is 5.86. The summed E-state index contributed by atoms with van der Waals surface area (Å²) in [6, 6.07) is 18.6. The lowest BCUT2D eigenvalue weighted by Crippen LogP contribution is -2.47. The lowest BCUT2D eigenvalue weighted by molar-refractivity contribution is -0.121. The molecule has 3 aromatic rings. The van der Waals surface area contributed by atoms with E-state index in [4.69, 9.17) is 4.74 Å². The smallest absolute Gasteiger partial charge is 0.224 e. The van der Waals surface area contributed by atoms with Gasteiger partial charge in [-0.15, -0.1) is 0 Å². The van der Waals surface area contributed by atoms with Gasteiger partial charge in [-0.25, -0.2) is 0 Å². The van der Waals surface area contributed by atoms with E-state index >= 15 is 0 Å². The Morgan fingerprint density at radius 1 is 1.13 bits per heavy atom. The van der Waals surface area contributed by atoms with E-state index in [0.717, 1.165) is 47.4 Å². The fraction of sp³-hybridized carbons (Fsp3) is 0.360. The number of para-hydroxylation sites is 1. The van der Waals surface area contributed by atoms with Crippen LogP contribution in [-0.4, -0.2) is 48.1 Å². The highest BCUT2D eigenvalue weighted by atomic mass is 16.5. The minimum atomic E-state index is 0.0158. The first-order valence-corrected chi connectivity index (χ1v) is 10.6. The molecular formula is C25H29N3O2. The maximum atomic E-state index is 12.7. The van der Waals surface area contributed by atoms with Crippen molar-refractivity contribution in [2.75, 3.05) is 26.2 Å². The van der Waals surface area contributed by atoms with Crippen molar-refractivity contribution in [2.45, 2.75) is 32.9 Å². The summed E-state index contributed by atoms with van der Waals surface area (Å²) in [7, 11) is 0. The first-order chi connectivity index (χ1) is 14.6. The third-order valence-corrected chi connectivity index (χ3v) is 5.82. The van der Waals surface area contributed by atoms with E-state index in [1.165, 1.54) is 5.56 Å². The normalized spacial score (nSPS) is 17.2. The van der Waals surface area contributed by atoms with Crippen molar-refractivity contribution in [3.05, 3.63) is 77.0 Å². The van der Waals surface area contributed by atoms with Crippen LogP contribution in [0.5, 0.6) is 0 Å². The minimum absolute atomic E-state index is 0.0158.